The van der Waals surface area contributed by atoms with Crippen molar-refractivity contribution >= 4 is 12.3 Å². The fraction of sp³-hybridized carbons (Fsp3) is 0.800. The lowest BCUT2D eigenvalue weighted by Gasteiger charge is -2.16. The van der Waals surface area contributed by atoms with Crippen LogP contribution in [-0.2, 0) is 4.74 Å². The molecule has 2 bridgehead atoms. The van der Waals surface area contributed by atoms with Crippen molar-refractivity contribution in [2.45, 2.75) is 25.7 Å². The van der Waals surface area contributed by atoms with Crippen LogP contribution in [0.5, 0.6) is 0 Å². The van der Waals surface area contributed by atoms with Gasteiger partial charge < -0.3 is 4.74 Å². The molecule has 0 heterocycles. The van der Waals surface area contributed by atoms with Gasteiger partial charge in [-0.05, 0) is 37.0 Å². The molecule has 3 unspecified atom stereocenters. The number of hydrogen-bond donors (Lipinski definition) is 1. The first-order valence-corrected chi connectivity index (χ1v) is 5.16. The van der Waals surface area contributed by atoms with Gasteiger partial charge in [-0.3, -0.25) is 0 Å². The van der Waals surface area contributed by atoms with Gasteiger partial charge in [0.05, 0.1) is 7.11 Å². The number of ether oxygens (including phenoxy) is 1. The second-order valence-electron chi connectivity index (χ2n) is 4.22. The minimum Gasteiger partial charge on any atom is -0.452 e. The number of nitrogens with one attached hydrogen (secondary N) is 1. The largest absolute Gasteiger partial charge is 0.452 e. The van der Waals surface area contributed by atoms with Gasteiger partial charge in [-0.1, -0.05) is 6.42 Å². The summed E-state index contributed by atoms with van der Waals surface area (Å²) in [5.41, 5.74) is 2.33. The van der Waals surface area contributed by atoms with E-state index in [1.807, 2.05) is 6.21 Å². The molecule has 0 aliphatic heterocycles. The topological polar surface area (TPSA) is 50.7 Å². The molecule has 2 aliphatic carbocycles. The molecule has 1 N–H and O–H groups in total. The van der Waals surface area contributed by atoms with Crippen LogP contribution >= 0.6 is 0 Å². The summed E-state index contributed by atoms with van der Waals surface area (Å²) < 4.78 is 4.41. The minimum atomic E-state index is -0.496. The minimum absolute atomic E-state index is 0.496. The fourth-order valence-electron chi connectivity index (χ4n) is 2.71. The van der Waals surface area contributed by atoms with Gasteiger partial charge in [-0.2, -0.15) is 5.10 Å². The molecule has 2 aliphatic rings. The maximum absolute atomic E-state index is 10.7. The average Bonchev–Trinajstić information content (AvgIpc) is 2.79. The lowest BCUT2D eigenvalue weighted by Crippen LogP contribution is -2.19. The molecule has 1 amide bonds. The molecule has 78 valence electrons. The summed E-state index contributed by atoms with van der Waals surface area (Å²) in [6.07, 6.45) is 6.70. The lowest BCUT2D eigenvalue weighted by atomic mass is 9.90. The Bertz CT molecular complexity index is 253. The molecule has 3 atom stereocenters. The number of rotatable bonds is 2. The highest BCUT2D eigenvalue weighted by Gasteiger charge is 2.38. The molecule has 0 aromatic rings. The molecule has 2 fully saturated rings. The van der Waals surface area contributed by atoms with Gasteiger partial charge in [0.1, 0.15) is 0 Å². The van der Waals surface area contributed by atoms with Crippen LogP contribution < -0.4 is 5.43 Å². The summed E-state index contributed by atoms with van der Waals surface area (Å²) >= 11 is 0. The van der Waals surface area contributed by atoms with E-state index in [4.69, 9.17) is 0 Å². The van der Waals surface area contributed by atoms with Crippen molar-refractivity contribution in [3.8, 4) is 0 Å². The van der Waals surface area contributed by atoms with Crippen molar-refractivity contribution in [3.63, 3.8) is 0 Å². The van der Waals surface area contributed by atoms with E-state index >= 15 is 0 Å². The van der Waals surface area contributed by atoms with E-state index in [9.17, 15) is 4.79 Å². The van der Waals surface area contributed by atoms with Gasteiger partial charge in [0, 0.05) is 6.21 Å². The van der Waals surface area contributed by atoms with Gasteiger partial charge in [0.2, 0.25) is 0 Å². The zero-order valence-electron chi connectivity index (χ0n) is 8.40. The van der Waals surface area contributed by atoms with Crippen LogP contribution in [0.3, 0.4) is 0 Å². The van der Waals surface area contributed by atoms with Crippen molar-refractivity contribution in [2.24, 2.45) is 22.9 Å². The van der Waals surface area contributed by atoms with E-state index in [0.717, 1.165) is 11.8 Å². The monoisotopic (exact) mass is 196 g/mol. The van der Waals surface area contributed by atoms with Crippen LogP contribution in [0.1, 0.15) is 25.7 Å². The Balaban J connectivity index is 1.78. The Morgan fingerprint density at radius 1 is 1.50 bits per heavy atom. The quantitative estimate of drug-likeness (QED) is 0.540. The fourth-order valence-corrected chi connectivity index (χ4v) is 2.71. The summed E-state index contributed by atoms with van der Waals surface area (Å²) in [7, 11) is 1.34. The SMILES string of the molecule is COC(=O)N/N=C/C1CC2CCC1C2. The van der Waals surface area contributed by atoms with Crippen LogP contribution in [-0.4, -0.2) is 19.4 Å². The number of hydrogen-bond acceptors (Lipinski definition) is 3. The van der Waals surface area contributed by atoms with Crippen molar-refractivity contribution in [3.05, 3.63) is 0 Å². The Morgan fingerprint density at radius 2 is 2.36 bits per heavy atom. The standard InChI is InChI=1S/C10H16N2O2/c1-14-10(13)12-11-6-9-5-7-2-3-8(9)4-7/h6-9H,2-5H2,1H3,(H,12,13)/b11-6+. The molecule has 0 saturated heterocycles. The summed E-state index contributed by atoms with van der Waals surface area (Å²) in [5, 5.41) is 3.89. The maximum atomic E-state index is 10.7. The summed E-state index contributed by atoms with van der Waals surface area (Å²) in [6, 6.07) is 0. The molecule has 4 nitrogen and oxygen atoms in total. The Kier molecular flexibility index (Phi) is 2.70. The molecule has 0 radical (unpaired) electrons. The number of carbonyl (C=O) groups excluding carboxylic acids is 1. The van der Waals surface area contributed by atoms with Gasteiger partial charge >= 0.3 is 6.09 Å². The molecule has 4 heteroatoms. The Labute approximate surface area is 83.7 Å². The predicted octanol–water partition coefficient (Wildman–Crippen LogP) is 1.76. The van der Waals surface area contributed by atoms with Gasteiger partial charge in [-0.15, -0.1) is 0 Å². The van der Waals surface area contributed by atoms with Crippen molar-refractivity contribution in [2.75, 3.05) is 7.11 Å². The normalized spacial score (nSPS) is 35.1. The lowest BCUT2D eigenvalue weighted by molar-refractivity contribution is 0.171. The number of carbonyl (C=O) groups is 1. The first-order valence-electron chi connectivity index (χ1n) is 5.16. The van der Waals surface area contributed by atoms with E-state index in [2.05, 4.69) is 15.3 Å². The van der Waals surface area contributed by atoms with E-state index in [1.54, 1.807) is 0 Å². The number of methoxy groups -OCH3 is 1. The first kappa shape index (κ1) is 9.49. The van der Waals surface area contributed by atoms with Crippen LogP contribution in [0.15, 0.2) is 5.10 Å². The molecule has 0 aromatic heterocycles. The van der Waals surface area contributed by atoms with Gasteiger partial charge in [-0.25, -0.2) is 10.2 Å². The zero-order chi connectivity index (χ0) is 9.97. The van der Waals surface area contributed by atoms with E-state index in [-0.39, 0.29) is 0 Å². The highest BCUT2D eigenvalue weighted by molar-refractivity contribution is 5.69. The average molecular weight is 196 g/mol. The Morgan fingerprint density at radius 3 is 2.93 bits per heavy atom. The van der Waals surface area contributed by atoms with Crippen LogP contribution in [0, 0.1) is 17.8 Å². The third-order valence-corrected chi connectivity index (χ3v) is 3.40. The molecule has 2 saturated carbocycles. The number of nitrogens with zero attached hydrogens (tertiary/aromatic N) is 1. The third-order valence-electron chi connectivity index (χ3n) is 3.40. The number of amides is 1. The van der Waals surface area contributed by atoms with Crippen LogP contribution in [0.2, 0.25) is 0 Å². The first-order chi connectivity index (χ1) is 6.79. The van der Waals surface area contributed by atoms with Crippen molar-refractivity contribution in [1.82, 2.24) is 5.43 Å². The van der Waals surface area contributed by atoms with Crippen LogP contribution in [0.4, 0.5) is 4.79 Å². The van der Waals surface area contributed by atoms with Crippen molar-refractivity contribution in [1.29, 1.82) is 0 Å². The predicted molar refractivity (Wildman–Crippen MR) is 53.0 cm³/mol. The molecule has 2 rings (SSSR count). The highest BCUT2D eigenvalue weighted by atomic mass is 16.5. The molecular weight excluding hydrogens is 180 g/mol. The van der Waals surface area contributed by atoms with Gasteiger partial charge in [0.15, 0.2) is 0 Å². The van der Waals surface area contributed by atoms with E-state index < -0.39 is 6.09 Å². The molecular formula is C10H16N2O2. The number of fused-ring (bicyclic) bond motifs is 2. The Hall–Kier alpha value is -1.06. The van der Waals surface area contributed by atoms with Crippen molar-refractivity contribution < 1.29 is 9.53 Å². The molecule has 0 spiro atoms. The maximum Gasteiger partial charge on any atom is 0.427 e. The van der Waals surface area contributed by atoms with E-state index in [0.29, 0.717) is 5.92 Å². The number of hydrazone groups is 1. The smallest absolute Gasteiger partial charge is 0.427 e. The molecule has 0 aromatic carbocycles. The second kappa shape index (κ2) is 3.98. The highest BCUT2D eigenvalue weighted by Crippen LogP contribution is 2.47. The summed E-state index contributed by atoms with van der Waals surface area (Å²) in [6.45, 7) is 0. The van der Waals surface area contributed by atoms with E-state index in [1.165, 1.54) is 32.8 Å². The summed E-state index contributed by atoms with van der Waals surface area (Å²) in [5.74, 6) is 2.30. The zero-order valence-corrected chi connectivity index (χ0v) is 8.40. The third kappa shape index (κ3) is 1.89. The van der Waals surface area contributed by atoms with Crippen LogP contribution in [0.25, 0.3) is 0 Å². The van der Waals surface area contributed by atoms with Gasteiger partial charge in [0.25, 0.3) is 0 Å². The molecule has 14 heavy (non-hydrogen) atoms. The second-order valence-corrected chi connectivity index (χ2v) is 4.22. The summed E-state index contributed by atoms with van der Waals surface area (Å²) in [4.78, 5) is 10.7.